The first kappa shape index (κ1) is 12.1. The summed E-state index contributed by atoms with van der Waals surface area (Å²) >= 11 is 0. The predicted molar refractivity (Wildman–Crippen MR) is 62.8 cm³/mol. The van der Waals surface area contributed by atoms with Crippen molar-refractivity contribution in [2.75, 3.05) is 24.2 Å². The van der Waals surface area contributed by atoms with Gasteiger partial charge in [0.25, 0.3) is 0 Å². The van der Waals surface area contributed by atoms with E-state index in [1.807, 2.05) is 6.92 Å². The van der Waals surface area contributed by atoms with Gasteiger partial charge in [-0.15, -0.1) is 0 Å². The molecule has 0 radical (unpaired) electrons. The van der Waals surface area contributed by atoms with E-state index in [0.717, 1.165) is 12.5 Å². The molecular weight excluding hydrogens is 226 g/mol. The lowest BCUT2D eigenvalue weighted by molar-refractivity contribution is 0.108. The third kappa shape index (κ3) is 2.49. The predicted octanol–water partition coefficient (Wildman–Crippen LogP) is 2.38. The second kappa shape index (κ2) is 4.87. The van der Waals surface area contributed by atoms with Crippen molar-refractivity contribution in [1.82, 2.24) is 0 Å². The molecular formula is C12H16F2N2O. The van der Waals surface area contributed by atoms with E-state index < -0.39 is 11.6 Å². The molecule has 0 saturated carbocycles. The molecule has 0 bridgehead atoms. The number of hydrogen-bond acceptors (Lipinski definition) is 3. The van der Waals surface area contributed by atoms with E-state index in [0.29, 0.717) is 19.1 Å². The van der Waals surface area contributed by atoms with Crippen molar-refractivity contribution >= 4 is 11.4 Å². The standard InChI is InChI=1S/C12H16F2N2O/c1-7-8(4-5-17-7)6-16-12-10(15)3-2-9(13)11(12)14/h2-3,7-8,16H,4-6,15H2,1H3. The zero-order chi connectivity index (χ0) is 12.4. The minimum atomic E-state index is -0.920. The average Bonchev–Trinajstić information content (AvgIpc) is 2.70. The van der Waals surface area contributed by atoms with Gasteiger partial charge < -0.3 is 15.8 Å². The molecule has 5 heteroatoms. The summed E-state index contributed by atoms with van der Waals surface area (Å²) in [7, 11) is 0. The Morgan fingerprint density at radius 1 is 1.47 bits per heavy atom. The second-order valence-electron chi connectivity index (χ2n) is 4.33. The van der Waals surface area contributed by atoms with Crippen LogP contribution in [0.15, 0.2) is 12.1 Å². The monoisotopic (exact) mass is 242 g/mol. The van der Waals surface area contributed by atoms with Crippen molar-refractivity contribution in [3.05, 3.63) is 23.8 Å². The van der Waals surface area contributed by atoms with Crippen molar-refractivity contribution in [3.63, 3.8) is 0 Å². The van der Waals surface area contributed by atoms with Crippen molar-refractivity contribution in [2.45, 2.75) is 19.4 Å². The van der Waals surface area contributed by atoms with Crippen LogP contribution in [0.2, 0.25) is 0 Å². The molecule has 2 rings (SSSR count). The maximum Gasteiger partial charge on any atom is 0.183 e. The van der Waals surface area contributed by atoms with E-state index in [1.54, 1.807) is 0 Å². The number of nitrogens with two attached hydrogens (primary N) is 1. The van der Waals surface area contributed by atoms with Gasteiger partial charge in [-0.3, -0.25) is 0 Å². The molecule has 1 fully saturated rings. The SMILES string of the molecule is CC1OCCC1CNc1c(N)ccc(F)c1F. The normalized spacial score (nSPS) is 23.9. The van der Waals surface area contributed by atoms with Gasteiger partial charge in [-0.05, 0) is 25.5 Å². The molecule has 2 unspecified atom stereocenters. The fraction of sp³-hybridized carbons (Fsp3) is 0.500. The number of ether oxygens (including phenoxy) is 1. The van der Waals surface area contributed by atoms with E-state index in [-0.39, 0.29) is 17.5 Å². The summed E-state index contributed by atoms with van der Waals surface area (Å²) in [5.41, 5.74) is 5.87. The van der Waals surface area contributed by atoms with Crippen LogP contribution in [0.1, 0.15) is 13.3 Å². The van der Waals surface area contributed by atoms with Gasteiger partial charge in [0.05, 0.1) is 17.5 Å². The van der Waals surface area contributed by atoms with Gasteiger partial charge >= 0.3 is 0 Å². The lowest BCUT2D eigenvalue weighted by Crippen LogP contribution is -2.21. The van der Waals surface area contributed by atoms with Crippen LogP contribution < -0.4 is 11.1 Å². The molecule has 3 nitrogen and oxygen atoms in total. The Labute approximate surface area is 98.9 Å². The van der Waals surface area contributed by atoms with Crippen LogP contribution in [0.5, 0.6) is 0 Å². The lowest BCUT2D eigenvalue weighted by Gasteiger charge is -2.17. The minimum absolute atomic E-state index is 0.0455. The molecule has 0 aliphatic carbocycles. The Hall–Kier alpha value is -1.36. The number of halogens is 2. The molecule has 1 heterocycles. The highest BCUT2D eigenvalue weighted by molar-refractivity contribution is 5.66. The topological polar surface area (TPSA) is 47.3 Å². The number of nitrogen functional groups attached to an aromatic ring is 1. The van der Waals surface area contributed by atoms with E-state index >= 15 is 0 Å². The number of nitrogens with one attached hydrogen (secondary N) is 1. The van der Waals surface area contributed by atoms with Gasteiger partial charge in [-0.1, -0.05) is 0 Å². The minimum Gasteiger partial charge on any atom is -0.397 e. The zero-order valence-electron chi connectivity index (χ0n) is 9.67. The summed E-state index contributed by atoms with van der Waals surface area (Å²) in [6.07, 6.45) is 1.06. The largest absolute Gasteiger partial charge is 0.397 e. The van der Waals surface area contributed by atoms with E-state index in [2.05, 4.69) is 5.32 Å². The molecule has 1 aromatic carbocycles. The Morgan fingerprint density at radius 2 is 2.24 bits per heavy atom. The van der Waals surface area contributed by atoms with Crippen LogP contribution in [0.25, 0.3) is 0 Å². The molecule has 94 valence electrons. The summed E-state index contributed by atoms with van der Waals surface area (Å²) in [5, 5.41) is 2.87. The molecule has 1 saturated heterocycles. The summed E-state index contributed by atoms with van der Waals surface area (Å²) in [4.78, 5) is 0. The Bertz CT molecular complexity index is 412. The average molecular weight is 242 g/mol. The highest BCUT2D eigenvalue weighted by atomic mass is 19.2. The fourth-order valence-electron chi connectivity index (χ4n) is 2.02. The van der Waals surface area contributed by atoms with Crippen molar-refractivity contribution in [2.24, 2.45) is 5.92 Å². The summed E-state index contributed by atoms with van der Waals surface area (Å²) in [5.74, 6) is -1.51. The van der Waals surface area contributed by atoms with Crippen molar-refractivity contribution in [1.29, 1.82) is 0 Å². The van der Waals surface area contributed by atoms with E-state index in [1.165, 1.54) is 6.07 Å². The van der Waals surface area contributed by atoms with Crippen molar-refractivity contribution in [3.8, 4) is 0 Å². The number of anilines is 2. The maximum absolute atomic E-state index is 13.5. The van der Waals surface area contributed by atoms with Crippen LogP contribution in [0.3, 0.4) is 0 Å². The quantitative estimate of drug-likeness (QED) is 0.800. The third-order valence-corrected chi connectivity index (χ3v) is 3.20. The van der Waals surface area contributed by atoms with Gasteiger partial charge in [-0.2, -0.15) is 0 Å². The van der Waals surface area contributed by atoms with Gasteiger partial charge in [0.15, 0.2) is 11.6 Å². The smallest absolute Gasteiger partial charge is 0.183 e. The number of hydrogen-bond donors (Lipinski definition) is 2. The van der Waals surface area contributed by atoms with Crippen LogP contribution in [0.4, 0.5) is 20.2 Å². The summed E-state index contributed by atoms with van der Waals surface area (Å²) < 4.78 is 31.9. The first-order valence-corrected chi connectivity index (χ1v) is 5.68. The van der Waals surface area contributed by atoms with Crippen LogP contribution in [-0.4, -0.2) is 19.3 Å². The Kier molecular flexibility index (Phi) is 3.47. The van der Waals surface area contributed by atoms with Crippen molar-refractivity contribution < 1.29 is 13.5 Å². The van der Waals surface area contributed by atoms with E-state index in [4.69, 9.17) is 10.5 Å². The zero-order valence-corrected chi connectivity index (χ0v) is 9.67. The highest BCUT2D eigenvalue weighted by Crippen LogP contribution is 2.27. The number of rotatable bonds is 3. The van der Waals surface area contributed by atoms with Crippen LogP contribution in [-0.2, 0) is 4.74 Å². The molecule has 3 N–H and O–H groups in total. The van der Waals surface area contributed by atoms with Gasteiger partial charge in [0.2, 0.25) is 0 Å². The molecule has 1 aliphatic rings. The molecule has 0 amide bonds. The fourth-order valence-corrected chi connectivity index (χ4v) is 2.02. The van der Waals surface area contributed by atoms with Gasteiger partial charge in [0, 0.05) is 19.1 Å². The molecule has 0 aromatic heterocycles. The first-order chi connectivity index (χ1) is 8.09. The lowest BCUT2D eigenvalue weighted by atomic mass is 10.0. The first-order valence-electron chi connectivity index (χ1n) is 5.68. The third-order valence-electron chi connectivity index (χ3n) is 3.20. The molecule has 0 spiro atoms. The summed E-state index contributed by atoms with van der Waals surface area (Å²) in [6.45, 7) is 3.23. The summed E-state index contributed by atoms with van der Waals surface area (Å²) in [6, 6.07) is 2.38. The maximum atomic E-state index is 13.5. The molecule has 1 aromatic rings. The Balaban J connectivity index is 2.06. The Morgan fingerprint density at radius 3 is 2.88 bits per heavy atom. The molecule has 17 heavy (non-hydrogen) atoms. The van der Waals surface area contributed by atoms with Gasteiger partial charge in [0.1, 0.15) is 0 Å². The molecule has 2 atom stereocenters. The molecule has 1 aliphatic heterocycles. The highest BCUT2D eigenvalue weighted by Gasteiger charge is 2.24. The van der Waals surface area contributed by atoms with E-state index in [9.17, 15) is 8.78 Å². The van der Waals surface area contributed by atoms with Crippen LogP contribution >= 0.6 is 0 Å². The van der Waals surface area contributed by atoms with Crippen LogP contribution in [0, 0.1) is 17.6 Å². The second-order valence-corrected chi connectivity index (χ2v) is 4.33. The number of benzene rings is 1. The van der Waals surface area contributed by atoms with Gasteiger partial charge in [-0.25, -0.2) is 8.78 Å².